The molecule has 1 N–H and O–H groups in total. The number of hydrogen-bond acceptors (Lipinski definition) is 4. The predicted molar refractivity (Wildman–Crippen MR) is 101 cm³/mol. The Kier molecular flexibility index (Phi) is 4.80. The molecule has 5 nitrogen and oxygen atoms in total. The van der Waals surface area contributed by atoms with Crippen LogP contribution in [0, 0.1) is 0 Å². The standard InChI is InChI=1S/C21H22N2O3/c1-14(24)18-19(16-9-11-17(12-10-16)22(2)3)23(21(26)20(18)25)13-15-7-5-4-6-8-15/h4-12,19,25H,13H2,1-3H3/t19-/m1/s1. The molecule has 0 radical (unpaired) electrons. The van der Waals surface area contributed by atoms with Crippen LogP contribution in [0.15, 0.2) is 65.9 Å². The van der Waals surface area contributed by atoms with E-state index in [1.807, 2.05) is 73.6 Å². The van der Waals surface area contributed by atoms with Gasteiger partial charge in [0.2, 0.25) is 0 Å². The summed E-state index contributed by atoms with van der Waals surface area (Å²) in [5.41, 5.74) is 2.91. The number of anilines is 1. The molecule has 3 rings (SSSR count). The van der Waals surface area contributed by atoms with Crippen LogP contribution < -0.4 is 4.90 Å². The van der Waals surface area contributed by atoms with Crippen molar-refractivity contribution in [3.05, 3.63) is 77.1 Å². The first-order chi connectivity index (χ1) is 12.4. The maximum Gasteiger partial charge on any atom is 0.290 e. The van der Waals surface area contributed by atoms with Crippen molar-refractivity contribution in [2.24, 2.45) is 0 Å². The molecular formula is C21H22N2O3. The van der Waals surface area contributed by atoms with Crippen molar-refractivity contribution in [1.29, 1.82) is 0 Å². The fourth-order valence-electron chi connectivity index (χ4n) is 3.26. The number of nitrogens with zero attached hydrogens (tertiary/aromatic N) is 2. The van der Waals surface area contributed by atoms with Gasteiger partial charge in [-0.15, -0.1) is 0 Å². The average Bonchev–Trinajstić information content (AvgIpc) is 2.87. The van der Waals surface area contributed by atoms with Crippen LogP contribution in [-0.2, 0) is 16.1 Å². The second-order valence-corrected chi connectivity index (χ2v) is 6.63. The number of rotatable bonds is 5. The van der Waals surface area contributed by atoms with Crippen molar-refractivity contribution in [2.75, 3.05) is 19.0 Å². The van der Waals surface area contributed by atoms with E-state index < -0.39 is 17.7 Å². The fraction of sp³-hybridized carbons (Fsp3) is 0.238. The van der Waals surface area contributed by atoms with E-state index in [1.165, 1.54) is 6.92 Å². The van der Waals surface area contributed by atoms with E-state index in [4.69, 9.17) is 0 Å². The molecule has 1 heterocycles. The average molecular weight is 350 g/mol. The van der Waals surface area contributed by atoms with Crippen molar-refractivity contribution in [3.63, 3.8) is 0 Å². The van der Waals surface area contributed by atoms with Crippen LogP contribution in [0.3, 0.4) is 0 Å². The number of aliphatic hydroxyl groups is 1. The van der Waals surface area contributed by atoms with Crippen LogP contribution >= 0.6 is 0 Å². The van der Waals surface area contributed by atoms with Crippen molar-refractivity contribution >= 4 is 17.4 Å². The maximum atomic E-state index is 12.6. The molecule has 1 atom stereocenters. The topological polar surface area (TPSA) is 60.9 Å². The minimum absolute atomic E-state index is 0.156. The highest BCUT2D eigenvalue weighted by Crippen LogP contribution is 2.39. The molecule has 0 fully saturated rings. The third kappa shape index (κ3) is 3.20. The second kappa shape index (κ2) is 7.04. The summed E-state index contributed by atoms with van der Waals surface area (Å²) < 4.78 is 0. The Labute approximate surface area is 153 Å². The highest BCUT2D eigenvalue weighted by Gasteiger charge is 2.42. The molecule has 1 aliphatic heterocycles. The largest absolute Gasteiger partial charge is 0.503 e. The molecule has 0 spiro atoms. The van der Waals surface area contributed by atoms with Crippen LogP contribution in [-0.4, -0.2) is 35.8 Å². The van der Waals surface area contributed by atoms with Gasteiger partial charge in [-0.05, 0) is 30.2 Å². The molecule has 1 amide bonds. The van der Waals surface area contributed by atoms with Gasteiger partial charge in [-0.1, -0.05) is 42.5 Å². The molecule has 0 aromatic heterocycles. The molecule has 0 saturated carbocycles. The molecular weight excluding hydrogens is 328 g/mol. The van der Waals surface area contributed by atoms with E-state index in [0.717, 1.165) is 16.8 Å². The van der Waals surface area contributed by atoms with E-state index in [2.05, 4.69) is 0 Å². The van der Waals surface area contributed by atoms with E-state index in [1.54, 1.807) is 4.90 Å². The van der Waals surface area contributed by atoms with Crippen LogP contribution in [0.25, 0.3) is 0 Å². The molecule has 134 valence electrons. The highest BCUT2D eigenvalue weighted by molar-refractivity contribution is 6.08. The molecule has 0 bridgehead atoms. The van der Waals surface area contributed by atoms with Gasteiger partial charge in [-0.25, -0.2) is 0 Å². The van der Waals surface area contributed by atoms with Gasteiger partial charge in [0.15, 0.2) is 11.5 Å². The van der Waals surface area contributed by atoms with E-state index in [-0.39, 0.29) is 11.4 Å². The minimum atomic E-state index is -0.587. The van der Waals surface area contributed by atoms with Gasteiger partial charge >= 0.3 is 0 Å². The lowest BCUT2D eigenvalue weighted by molar-refractivity contribution is -0.130. The first-order valence-electron chi connectivity index (χ1n) is 8.46. The zero-order valence-electron chi connectivity index (χ0n) is 15.1. The van der Waals surface area contributed by atoms with Crippen molar-refractivity contribution in [3.8, 4) is 0 Å². The number of ketones is 1. The summed E-state index contributed by atoms with van der Waals surface area (Å²) in [6.45, 7) is 1.70. The summed E-state index contributed by atoms with van der Waals surface area (Å²) in [5.74, 6) is -1.26. The monoisotopic (exact) mass is 350 g/mol. The van der Waals surface area contributed by atoms with Gasteiger partial charge in [0, 0.05) is 26.3 Å². The number of Topliss-reactive ketones (excluding diaryl/α,β-unsaturated/α-hetero) is 1. The summed E-state index contributed by atoms with van der Waals surface area (Å²) >= 11 is 0. The lowest BCUT2D eigenvalue weighted by atomic mass is 9.96. The lowest BCUT2D eigenvalue weighted by Crippen LogP contribution is -2.30. The molecule has 1 aliphatic rings. The third-order valence-electron chi connectivity index (χ3n) is 4.60. The molecule has 5 heteroatoms. The molecule has 0 saturated heterocycles. The zero-order chi connectivity index (χ0) is 18.8. The zero-order valence-corrected chi connectivity index (χ0v) is 15.1. The number of carbonyl (C=O) groups is 2. The third-order valence-corrected chi connectivity index (χ3v) is 4.60. The van der Waals surface area contributed by atoms with Gasteiger partial charge in [0.25, 0.3) is 5.91 Å². The number of hydrogen-bond donors (Lipinski definition) is 1. The number of aliphatic hydroxyl groups excluding tert-OH is 1. The quantitative estimate of drug-likeness (QED) is 0.899. The summed E-state index contributed by atoms with van der Waals surface area (Å²) in [5, 5.41) is 10.3. The smallest absolute Gasteiger partial charge is 0.290 e. The van der Waals surface area contributed by atoms with Gasteiger partial charge in [-0.3, -0.25) is 9.59 Å². The summed E-state index contributed by atoms with van der Waals surface area (Å²) in [4.78, 5) is 28.3. The van der Waals surface area contributed by atoms with Crippen molar-refractivity contribution in [2.45, 2.75) is 19.5 Å². The Morgan fingerprint density at radius 1 is 1.08 bits per heavy atom. The first-order valence-corrected chi connectivity index (χ1v) is 8.46. The molecule has 0 aliphatic carbocycles. The molecule has 2 aromatic rings. The molecule has 2 aromatic carbocycles. The Hall–Kier alpha value is -3.08. The lowest BCUT2D eigenvalue weighted by Gasteiger charge is -2.27. The van der Waals surface area contributed by atoms with Crippen molar-refractivity contribution in [1.82, 2.24) is 4.90 Å². The van der Waals surface area contributed by atoms with E-state index in [9.17, 15) is 14.7 Å². The summed E-state index contributed by atoms with van der Waals surface area (Å²) in [6.07, 6.45) is 0. The van der Waals surface area contributed by atoms with Gasteiger partial charge < -0.3 is 14.9 Å². The Bertz CT molecular complexity index is 855. The second-order valence-electron chi connectivity index (χ2n) is 6.63. The van der Waals surface area contributed by atoms with E-state index >= 15 is 0 Å². The number of benzene rings is 2. The summed E-state index contributed by atoms with van der Waals surface area (Å²) in [6, 6.07) is 16.6. The molecule has 26 heavy (non-hydrogen) atoms. The minimum Gasteiger partial charge on any atom is -0.503 e. The van der Waals surface area contributed by atoms with Crippen LogP contribution in [0.2, 0.25) is 0 Å². The van der Waals surface area contributed by atoms with Crippen molar-refractivity contribution < 1.29 is 14.7 Å². The Balaban J connectivity index is 2.02. The first kappa shape index (κ1) is 17.7. The summed E-state index contributed by atoms with van der Waals surface area (Å²) in [7, 11) is 3.89. The Morgan fingerprint density at radius 2 is 1.69 bits per heavy atom. The van der Waals surface area contributed by atoms with Crippen LogP contribution in [0.1, 0.15) is 24.1 Å². The number of carbonyl (C=O) groups excluding carboxylic acids is 2. The normalized spacial score (nSPS) is 17.0. The van der Waals surface area contributed by atoms with Gasteiger partial charge in [-0.2, -0.15) is 0 Å². The SMILES string of the molecule is CC(=O)C1=C(O)C(=O)N(Cc2ccccc2)[C@@H]1c1ccc(N(C)C)cc1. The van der Waals surface area contributed by atoms with E-state index in [0.29, 0.717) is 6.54 Å². The Morgan fingerprint density at radius 3 is 2.23 bits per heavy atom. The van der Waals surface area contributed by atoms with Gasteiger partial charge in [0.1, 0.15) is 0 Å². The fourth-order valence-corrected chi connectivity index (χ4v) is 3.26. The maximum absolute atomic E-state index is 12.6. The highest BCUT2D eigenvalue weighted by atomic mass is 16.3. The predicted octanol–water partition coefficient (Wildman–Crippen LogP) is 3.24. The van der Waals surface area contributed by atoms with Gasteiger partial charge in [0.05, 0.1) is 11.6 Å². The van der Waals surface area contributed by atoms with Crippen LogP contribution in [0.4, 0.5) is 5.69 Å². The van der Waals surface area contributed by atoms with Crippen LogP contribution in [0.5, 0.6) is 0 Å². The number of amides is 1. The molecule has 0 unspecified atom stereocenters.